The average Bonchev–Trinajstić information content (AvgIpc) is 3.43. The van der Waals surface area contributed by atoms with Gasteiger partial charge in [-0.1, -0.05) is 0 Å². The monoisotopic (exact) mass is 444 g/mol. The third-order valence-corrected chi connectivity index (χ3v) is 5.43. The van der Waals surface area contributed by atoms with Gasteiger partial charge in [0.15, 0.2) is 0 Å². The summed E-state index contributed by atoms with van der Waals surface area (Å²) >= 11 is 0. The first-order valence-corrected chi connectivity index (χ1v) is 10.0. The summed E-state index contributed by atoms with van der Waals surface area (Å²) in [6, 6.07) is 11.8. The maximum atomic E-state index is 12.5. The molecule has 32 heavy (non-hydrogen) atoms. The molecule has 4 unspecified atom stereocenters. The van der Waals surface area contributed by atoms with Gasteiger partial charge in [0.2, 0.25) is 0 Å². The summed E-state index contributed by atoms with van der Waals surface area (Å²) in [7, 11) is 0. The standard InChI is InChI=1S/C21H20N2O9/c24-21(31-17-9-11-29-19(17)13-1-5-15(6-2-13)22(25)26)32-18-10-12-30-20(18)14-3-7-16(8-4-14)23(27)28/h1-8,17-20H,9-12H2. The second-order valence-electron chi connectivity index (χ2n) is 7.42. The minimum Gasteiger partial charge on any atom is -0.428 e. The zero-order chi connectivity index (χ0) is 22.7. The summed E-state index contributed by atoms with van der Waals surface area (Å²) < 4.78 is 22.3. The van der Waals surface area contributed by atoms with Gasteiger partial charge in [0.1, 0.15) is 24.4 Å². The molecule has 4 rings (SSSR count). The summed E-state index contributed by atoms with van der Waals surface area (Å²) in [4.78, 5) is 33.1. The van der Waals surface area contributed by atoms with Crippen molar-refractivity contribution in [1.82, 2.24) is 0 Å². The van der Waals surface area contributed by atoms with Crippen molar-refractivity contribution in [2.75, 3.05) is 13.2 Å². The van der Waals surface area contributed by atoms with Crippen molar-refractivity contribution < 1.29 is 33.6 Å². The molecule has 0 aliphatic carbocycles. The van der Waals surface area contributed by atoms with Crippen LogP contribution in [0.15, 0.2) is 48.5 Å². The first-order chi connectivity index (χ1) is 15.4. The van der Waals surface area contributed by atoms with Crippen molar-refractivity contribution in [2.24, 2.45) is 0 Å². The SMILES string of the molecule is O=C(OC1CCOC1c1ccc([N+](=O)[O-])cc1)OC1CCOC1c1ccc([N+](=O)[O-])cc1. The van der Waals surface area contributed by atoms with Crippen LogP contribution in [-0.2, 0) is 18.9 Å². The van der Waals surface area contributed by atoms with Crippen LogP contribution in [0.5, 0.6) is 0 Å². The van der Waals surface area contributed by atoms with Gasteiger partial charge in [0.05, 0.1) is 23.1 Å². The second kappa shape index (κ2) is 9.28. The van der Waals surface area contributed by atoms with E-state index in [2.05, 4.69) is 0 Å². The molecule has 0 aromatic heterocycles. The number of ether oxygens (including phenoxy) is 4. The third kappa shape index (κ3) is 4.68. The molecular weight excluding hydrogens is 424 g/mol. The number of nitro groups is 2. The second-order valence-corrected chi connectivity index (χ2v) is 7.42. The molecule has 0 bridgehead atoms. The largest absolute Gasteiger partial charge is 0.509 e. The third-order valence-electron chi connectivity index (χ3n) is 5.43. The van der Waals surface area contributed by atoms with Crippen molar-refractivity contribution in [3.05, 3.63) is 79.9 Å². The van der Waals surface area contributed by atoms with E-state index >= 15 is 0 Å². The van der Waals surface area contributed by atoms with Crippen LogP contribution in [0.2, 0.25) is 0 Å². The maximum absolute atomic E-state index is 12.5. The van der Waals surface area contributed by atoms with E-state index in [1.807, 2.05) is 0 Å². The quantitative estimate of drug-likeness (QED) is 0.367. The summed E-state index contributed by atoms with van der Waals surface area (Å²) in [6.07, 6.45) is -2.22. The van der Waals surface area contributed by atoms with Gasteiger partial charge in [-0.15, -0.1) is 0 Å². The van der Waals surface area contributed by atoms with Crippen molar-refractivity contribution in [3.8, 4) is 0 Å². The summed E-state index contributed by atoms with van der Waals surface area (Å²) in [5, 5.41) is 21.7. The molecule has 11 nitrogen and oxygen atoms in total. The molecule has 2 heterocycles. The highest BCUT2D eigenvalue weighted by Gasteiger charge is 2.37. The summed E-state index contributed by atoms with van der Waals surface area (Å²) in [6.45, 7) is 0.745. The van der Waals surface area contributed by atoms with Gasteiger partial charge < -0.3 is 18.9 Å². The molecule has 2 aliphatic heterocycles. The van der Waals surface area contributed by atoms with Crippen LogP contribution < -0.4 is 0 Å². The summed E-state index contributed by atoms with van der Waals surface area (Å²) in [5.74, 6) is 0. The molecule has 2 aromatic rings. The van der Waals surface area contributed by atoms with Crippen LogP contribution in [0.3, 0.4) is 0 Å². The highest BCUT2D eigenvalue weighted by molar-refractivity contribution is 5.60. The molecule has 0 N–H and O–H groups in total. The molecule has 168 valence electrons. The van der Waals surface area contributed by atoms with Gasteiger partial charge in [-0.05, 0) is 35.4 Å². The van der Waals surface area contributed by atoms with Gasteiger partial charge in [0, 0.05) is 37.1 Å². The lowest BCUT2D eigenvalue weighted by molar-refractivity contribution is -0.385. The Balaban J connectivity index is 1.37. The van der Waals surface area contributed by atoms with Gasteiger partial charge in [0.25, 0.3) is 11.4 Å². The first kappa shape index (κ1) is 21.7. The van der Waals surface area contributed by atoms with Gasteiger partial charge in [-0.25, -0.2) is 4.79 Å². The van der Waals surface area contributed by atoms with E-state index in [1.54, 1.807) is 24.3 Å². The Morgan fingerprint density at radius 3 is 1.47 bits per heavy atom. The number of nitro benzene ring substituents is 2. The number of hydrogen-bond donors (Lipinski definition) is 0. The Hall–Kier alpha value is -3.57. The Kier molecular flexibility index (Phi) is 6.28. The molecule has 2 aromatic carbocycles. The van der Waals surface area contributed by atoms with Crippen LogP contribution in [0.4, 0.5) is 16.2 Å². The highest BCUT2D eigenvalue weighted by atomic mass is 16.7. The molecule has 0 radical (unpaired) electrons. The zero-order valence-electron chi connectivity index (χ0n) is 16.8. The lowest BCUT2D eigenvalue weighted by Crippen LogP contribution is -2.27. The molecule has 2 saturated heterocycles. The highest BCUT2D eigenvalue weighted by Crippen LogP contribution is 2.35. The fraction of sp³-hybridized carbons (Fsp3) is 0.381. The van der Waals surface area contributed by atoms with Crippen LogP contribution in [0.25, 0.3) is 0 Å². The van der Waals surface area contributed by atoms with Crippen molar-refractivity contribution in [1.29, 1.82) is 0 Å². The van der Waals surface area contributed by atoms with Gasteiger partial charge >= 0.3 is 6.16 Å². The van der Waals surface area contributed by atoms with Gasteiger partial charge in [-0.2, -0.15) is 0 Å². The van der Waals surface area contributed by atoms with E-state index in [4.69, 9.17) is 18.9 Å². The van der Waals surface area contributed by atoms with E-state index in [1.165, 1.54) is 24.3 Å². The normalized spacial score (nSPS) is 24.8. The fourth-order valence-electron chi connectivity index (χ4n) is 3.85. The van der Waals surface area contributed by atoms with Crippen LogP contribution in [0.1, 0.15) is 36.2 Å². The fourth-order valence-corrected chi connectivity index (χ4v) is 3.85. The van der Waals surface area contributed by atoms with E-state index in [0.717, 1.165) is 0 Å². The van der Waals surface area contributed by atoms with Crippen LogP contribution in [0, 0.1) is 20.2 Å². The van der Waals surface area contributed by atoms with Crippen LogP contribution in [-0.4, -0.2) is 41.4 Å². The number of hydrogen-bond acceptors (Lipinski definition) is 9. The predicted octanol–water partition coefficient (Wildman–Crippen LogP) is 4.02. The molecule has 0 amide bonds. The first-order valence-electron chi connectivity index (χ1n) is 10.0. The minimum atomic E-state index is -0.866. The Bertz CT molecular complexity index is 914. The lowest BCUT2D eigenvalue weighted by atomic mass is 10.0. The zero-order valence-corrected chi connectivity index (χ0v) is 16.8. The lowest BCUT2D eigenvalue weighted by Gasteiger charge is -2.22. The number of carbonyl (C=O) groups is 1. The number of nitrogens with zero attached hydrogens (tertiary/aromatic N) is 2. The Morgan fingerprint density at radius 1 is 0.750 bits per heavy atom. The molecule has 11 heteroatoms. The maximum Gasteiger partial charge on any atom is 0.509 e. The van der Waals surface area contributed by atoms with E-state index in [0.29, 0.717) is 37.2 Å². The summed E-state index contributed by atoms with van der Waals surface area (Å²) in [5.41, 5.74) is 1.25. The van der Waals surface area contributed by atoms with E-state index in [-0.39, 0.29) is 11.4 Å². The Morgan fingerprint density at radius 2 is 1.12 bits per heavy atom. The molecule has 0 spiro atoms. The molecule has 4 atom stereocenters. The number of non-ortho nitro benzene ring substituents is 2. The molecular formula is C21H20N2O9. The van der Waals surface area contributed by atoms with E-state index < -0.39 is 40.4 Å². The van der Waals surface area contributed by atoms with E-state index in [9.17, 15) is 25.0 Å². The van der Waals surface area contributed by atoms with Crippen molar-refractivity contribution in [3.63, 3.8) is 0 Å². The molecule has 2 fully saturated rings. The number of carbonyl (C=O) groups excluding carboxylic acids is 1. The number of rotatable bonds is 6. The predicted molar refractivity (Wildman–Crippen MR) is 108 cm³/mol. The topological polar surface area (TPSA) is 140 Å². The molecule has 2 aliphatic rings. The number of benzene rings is 2. The minimum absolute atomic E-state index is 0.0397. The smallest absolute Gasteiger partial charge is 0.428 e. The Labute approximate surface area is 182 Å². The van der Waals surface area contributed by atoms with Crippen LogP contribution >= 0.6 is 0 Å². The van der Waals surface area contributed by atoms with Crippen molar-refractivity contribution in [2.45, 2.75) is 37.3 Å². The average molecular weight is 444 g/mol. The van der Waals surface area contributed by atoms with Gasteiger partial charge in [-0.3, -0.25) is 20.2 Å². The molecule has 0 saturated carbocycles. The van der Waals surface area contributed by atoms with Crippen molar-refractivity contribution >= 4 is 17.5 Å².